The molecule has 1 aliphatic rings. The molecule has 1 saturated heterocycles. The summed E-state index contributed by atoms with van der Waals surface area (Å²) in [5, 5.41) is 2.76. The van der Waals surface area contributed by atoms with Crippen LogP contribution in [0.1, 0.15) is 6.92 Å². The standard InChI is InChI=1S/C26H29N3O5S/c1-20(34-22-8-4-3-5-9-22)26(30)27-21-12-14-23(15-13-21)35(31,32)29-18-16-28(17-19-29)24-10-6-7-11-25(24)33-2/h3-15,20H,16-19H2,1-2H3,(H,27,30)/t20-/m0/s1. The molecule has 3 aromatic carbocycles. The zero-order valence-corrected chi connectivity index (χ0v) is 20.6. The Labute approximate surface area is 206 Å². The van der Waals surface area contributed by atoms with Gasteiger partial charge in [0.1, 0.15) is 11.5 Å². The van der Waals surface area contributed by atoms with Gasteiger partial charge in [-0.25, -0.2) is 8.42 Å². The molecule has 1 amide bonds. The summed E-state index contributed by atoms with van der Waals surface area (Å²) in [5.41, 5.74) is 1.45. The lowest BCUT2D eigenvalue weighted by atomic mass is 10.2. The molecule has 8 nitrogen and oxygen atoms in total. The molecule has 1 N–H and O–H groups in total. The van der Waals surface area contributed by atoms with Crippen LogP contribution in [0.2, 0.25) is 0 Å². The number of ether oxygens (including phenoxy) is 2. The minimum atomic E-state index is -3.65. The molecule has 184 valence electrons. The van der Waals surface area contributed by atoms with Crippen LogP contribution in [0, 0.1) is 0 Å². The van der Waals surface area contributed by atoms with Crippen molar-refractivity contribution in [3.05, 3.63) is 78.9 Å². The summed E-state index contributed by atoms with van der Waals surface area (Å²) in [4.78, 5) is 14.8. The minimum Gasteiger partial charge on any atom is -0.495 e. The van der Waals surface area contributed by atoms with Crippen LogP contribution in [0.3, 0.4) is 0 Å². The fourth-order valence-electron chi connectivity index (χ4n) is 3.92. The summed E-state index contributed by atoms with van der Waals surface area (Å²) in [7, 11) is -2.02. The number of carbonyl (C=O) groups excluding carboxylic acids is 1. The highest BCUT2D eigenvalue weighted by atomic mass is 32.2. The normalized spacial score (nSPS) is 15.3. The molecular formula is C26H29N3O5S. The van der Waals surface area contributed by atoms with Gasteiger partial charge in [-0.1, -0.05) is 30.3 Å². The average molecular weight is 496 g/mol. The first kappa shape index (κ1) is 24.6. The van der Waals surface area contributed by atoms with E-state index in [4.69, 9.17) is 9.47 Å². The number of amides is 1. The number of carbonyl (C=O) groups is 1. The van der Waals surface area contributed by atoms with E-state index in [0.717, 1.165) is 11.4 Å². The number of methoxy groups -OCH3 is 1. The predicted octanol–water partition coefficient (Wildman–Crippen LogP) is 3.61. The highest BCUT2D eigenvalue weighted by Crippen LogP contribution is 2.29. The lowest BCUT2D eigenvalue weighted by Crippen LogP contribution is -2.48. The second-order valence-corrected chi connectivity index (χ2v) is 10.1. The molecule has 0 saturated carbocycles. The van der Waals surface area contributed by atoms with Crippen LogP contribution < -0.4 is 19.7 Å². The summed E-state index contributed by atoms with van der Waals surface area (Å²) in [5.74, 6) is 1.05. The first-order valence-electron chi connectivity index (χ1n) is 11.4. The largest absolute Gasteiger partial charge is 0.495 e. The monoisotopic (exact) mass is 495 g/mol. The highest BCUT2D eigenvalue weighted by Gasteiger charge is 2.29. The lowest BCUT2D eigenvalue weighted by Gasteiger charge is -2.35. The Morgan fingerprint density at radius 2 is 1.51 bits per heavy atom. The maximum atomic E-state index is 13.2. The van der Waals surface area contributed by atoms with Crippen molar-refractivity contribution in [2.24, 2.45) is 0 Å². The van der Waals surface area contributed by atoms with Crippen LogP contribution in [-0.4, -0.2) is 58.0 Å². The SMILES string of the molecule is COc1ccccc1N1CCN(S(=O)(=O)c2ccc(NC(=O)[C@H](C)Oc3ccccc3)cc2)CC1. The Hall–Kier alpha value is -3.56. The Bertz CT molecular complexity index is 1240. The number of para-hydroxylation sites is 3. The molecule has 0 aromatic heterocycles. The van der Waals surface area contributed by atoms with Crippen LogP contribution in [0.25, 0.3) is 0 Å². The van der Waals surface area contributed by atoms with Crippen LogP contribution in [0.15, 0.2) is 83.8 Å². The average Bonchev–Trinajstić information content (AvgIpc) is 2.89. The molecule has 1 fully saturated rings. The Kier molecular flexibility index (Phi) is 7.57. The third-order valence-corrected chi connectivity index (χ3v) is 7.76. The van der Waals surface area contributed by atoms with E-state index in [-0.39, 0.29) is 10.8 Å². The van der Waals surface area contributed by atoms with Crippen molar-refractivity contribution in [3.63, 3.8) is 0 Å². The number of nitrogens with zero attached hydrogens (tertiary/aromatic N) is 2. The number of piperazine rings is 1. The zero-order chi connectivity index (χ0) is 24.8. The molecule has 4 rings (SSSR count). The number of hydrogen-bond acceptors (Lipinski definition) is 6. The molecule has 1 heterocycles. The number of sulfonamides is 1. The van der Waals surface area contributed by atoms with Crippen molar-refractivity contribution in [3.8, 4) is 11.5 Å². The maximum absolute atomic E-state index is 13.2. The quantitative estimate of drug-likeness (QED) is 0.514. The van der Waals surface area contributed by atoms with Crippen LogP contribution in [-0.2, 0) is 14.8 Å². The third kappa shape index (κ3) is 5.75. The van der Waals surface area contributed by atoms with Gasteiger partial charge in [-0.3, -0.25) is 4.79 Å². The van der Waals surface area contributed by atoms with Crippen LogP contribution in [0.5, 0.6) is 11.5 Å². The molecule has 0 radical (unpaired) electrons. The van der Waals surface area contributed by atoms with E-state index in [1.807, 2.05) is 42.5 Å². The Morgan fingerprint density at radius 3 is 2.17 bits per heavy atom. The molecule has 1 aliphatic heterocycles. The fourth-order valence-corrected chi connectivity index (χ4v) is 5.34. The van der Waals surface area contributed by atoms with Crippen molar-refractivity contribution in [1.29, 1.82) is 0 Å². The second-order valence-electron chi connectivity index (χ2n) is 8.15. The molecule has 1 atom stereocenters. The van der Waals surface area contributed by atoms with Gasteiger partial charge in [0.25, 0.3) is 5.91 Å². The molecule has 35 heavy (non-hydrogen) atoms. The fraction of sp³-hybridized carbons (Fsp3) is 0.269. The first-order valence-corrected chi connectivity index (χ1v) is 12.8. The lowest BCUT2D eigenvalue weighted by molar-refractivity contribution is -0.122. The first-order chi connectivity index (χ1) is 16.9. The third-order valence-electron chi connectivity index (χ3n) is 5.85. The van der Waals surface area contributed by atoms with Gasteiger partial charge in [0.15, 0.2) is 6.10 Å². The van der Waals surface area contributed by atoms with E-state index >= 15 is 0 Å². The Morgan fingerprint density at radius 1 is 0.886 bits per heavy atom. The smallest absolute Gasteiger partial charge is 0.265 e. The summed E-state index contributed by atoms with van der Waals surface area (Å²) in [6.45, 7) is 3.52. The van der Waals surface area contributed by atoms with Crippen LogP contribution >= 0.6 is 0 Å². The topological polar surface area (TPSA) is 88.2 Å². The second kappa shape index (κ2) is 10.8. The summed E-state index contributed by atoms with van der Waals surface area (Å²) in [6.07, 6.45) is -0.708. The van der Waals surface area contributed by atoms with Gasteiger partial charge in [0, 0.05) is 31.9 Å². The van der Waals surface area contributed by atoms with E-state index in [9.17, 15) is 13.2 Å². The van der Waals surface area contributed by atoms with Gasteiger partial charge in [-0.05, 0) is 55.5 Å². The van der Waals surface area contributed by atoms with E-state index in [1.54, 1.807) is 38.3 Å². The van der Waals surface area contributed by atoms with E-state index in [2.05, 4.69) is 10.2 Å². The van der Waals surface area contributed by atoms with E-state index < -0.39 is 16.1 Å². The molecule has 0 spiro atoms. The van der Waals surface area contributed by atoms with Crippen molar-refractivity contribution in [2.45, 2.75) is 17.9 Å². The zero-order valence-electron chi connectivity index (χ0n) is 19.8. The predicted molar refractivity (Wildman–Crippen MR) is 136 cm³/mol. The molecule has 0 bridgehead atoms. The van der Waals surface area contributed by atoms with Gasteiger partial charge in [0.05, 0.1) is 17.7 Å². The van der Waals surface area contributed by atoms with Crippen LogP contribution in [0.4, 0.5) is 11.4 Å². The summed E-state index contributed by atoms with van der Waals surface area (Å²) >= 11 is 0. The van der Waals surface area contributed by atoms with Gasteiger partial charge < -0.3 is 19.7 Å². The van der Waals surface area contributed by atoms with Gasteiger partial charge in [0.2, 0.25) is 10.0 Å². The molecule has 0 unspecified atom stereocenters. The summed E-state index contributed by atoms with van der Waals surface area (Å²) < 4.78 is 38.9. The van der Waals surface area contributed by atoms with Crippen molar-refractivity contribution < 1.29 is 22.7 Å². The van der Waals surface area contributed by atoms with Crippen molar-refractivity contribution >= 4 is 27.3 Å². The Balaban J connectivity index is 1.36. The van der Waals surface area contributed by atoms with E-state index in [0.29, 0.717) is 37.6 Å². The van der Waals surface area contributed by atoms with Crippen molar-refractivity contribution in [2.75, 3.05) is 43.5 Å². The number of hydrogen-bond donors (Lipinski definition) is 1. The minimum absolute atomic E-state index is 0.190. The number of rotatable bonds is 8. The van der Waals surface area contributed by atoms with E-state index in [1.165, 1.54) is 16.4 Å². The number of nitrogens with one attached hydrogen (secondary N) is 1. The number of benzene rings is 3. The molecule has 9 heteroatoms. The van der Waals surface area contributed by atoms with Crippen molar-refractivity contribution in [1.82, 2.24) is 4.31 Å². The number of anilines is 2. The van der Waals surface area contributed by atoms with Gasteiger partial charge in [-0.2, -0.15) is 4.31 Å². The highest BCUT2D eigenvalue weighted by molar-refractivity contribution is 7.89. The maximum Gasteiger partial charge on any atom is 0.265 e. The molecule has 0 aliphatic carbocycles. The van der Waals surface area contributed by atoms with Gasteiger partial charge in [-0.15, -0.1) is 0 Å². The van der Waals surface area contributed by atoms with Gasteiger partial charge >= 0.3 is 0 Å². The molecular weight excluding hydrogens is 466 g/mol. The molecule has 3 aromatic rings. The summed E-state index contributed by atoms with van der Waals surface area (Å²) in [6, 6.07) is 23.0.